The van der Waals surface area contributed by atoms with E-state index in [9.17, 15) is 37.1 Å². The van der Waals surface area contributed by atoms with Crippen molar-refractivity contribution in [1.82, 2.24) is 8.61 Å². The van der Waals surface area contributed by atoms with Crippen LogP contribution in [0.15, 0.2) is 58.3 Å². The van der Waals surface area contributed by atoms with Gasteiger partial charge in [-0.1, -0.05) is 12.1 Å². The number of nitrogens with zero attached hydrogens (tertiary/aromatic N) is 4. The second-order valence-electron chi connectivity index (χ2n) is 7.36. The van der Waals surface area contributed by atoms with Gasteiger partial charge in [0.15, 0.2) is 0 Å². The molecule has 3 rings (SSSR count). The average Bonchev–Trinajstić information content (AvgIpc) is 2.75. The average molecular weight is 485 g/mol. The summed E-state index contributed by atoms with van der Waals surface area (Å²) in [4.78, 5) is 20.1. The lowest BCUT2D eigenvalue weighted by Crippen LogP contribution is -2.59. The first-order valence-corrected chi connectivity index (χ1v) is 12.3. The second kappa shape index (κ2) is 8.54. The van der Waals surface area contributed by atoms with Crippen molar-refractivity contribution < 1.29 is 26.7 Å². The molecule has 2 atom stereocenters. The summed E-state index contributed by atoms with van der Waals surface area (Å²) in [5.41, 5.74) is -0.752. The van der Waals surface area contributed by atoms with Crippen LogP contribution in [0, 0.1) is 20.2 Å². The number of non-ortho nitro benzene ring substituents is 2. The molecule has 2 aromatic carbocycles. The quantitative estimate of drug-likeness (QED) is 0.444. The molecular formula is C18H20N4O8S2. The zero-order valence-electron chi connectivity index (χ0n) is 17.1. The predicted octanol–water partition coefficient (Wildman–Crippen LogP) is 1.98. The topological polar surface area (TPSA) is 161 Å². The molecule has 1 aliphatic heterocycles. The number of nitro groups is 2. The van der Waals surface area contributed by atoms with Gasteiger partial charge >= 0.3 is 0 Å². The Labute approximate surface area is 184 Å². The van der Waals surface area contributed by atoms with Crippen molar-refractivity contribution in [2.75, 3.05) is 13.1 Å². The van der Waals surface area contributed by atoms with Gasteiger partial charge in [0.05, 0.1) is 19.6 Å². The fourth-order valence-corrected chi connectivity index (χ4v) is 7.01. The zero-order valence-corrected chi connectivity index (χ0v) is 18.7. The monoisotopic (exact) mass is 484 g/mol. The Morgan fingerprint density at radius 1 is 0.750 bits per heavy atom. The maximum absolute atomic E-state index is 13.1. The van der Waals surface area contributed by atoms with Crippen LogP contribution in [-0.2, 0) is 20.0 Å². The van der Waals surface area contributed by atoms with Gasteiger partial charge in [-0.25, -0.2) is 16.8 Å². The van der Waals surface area contributed by atoms with E-state index < -0.39 is 42.0 Å². The van der Waals surface area contributed by atoms with Gasteiger partial charge in [-0.15, -0.1) is 0 Å². The molecule has 12 nitrogen and oxygen atoms in total. The molecule has 1 fully saturated rings. The first-order valence-electron chi connectivity index (χ1n) is 9.38. The third kappa shape index (κ3) is 4.34. The van der Waals surface area contributed by atoms with Crippen LogP contribution < -0.4 is 0 Å². The van der Waals surface area contributed by atoms with Crippen LogP contribution in [0.2, 0.25) is 0 Å². The van der Waals surface area contributed by atoms with Crippen molar-refractivity contribution in [1.29, 1.82) is 0 Å². The van der Waals surface area contributed by atoms with E-state index in [4.69, 9.17) is 0 Å². The van der Waals surface area contributed by atoms with Gasteiger partial charge in [0.1, 0.15) is 0 Å². The minimum Gasteiger partial charge on any atom is -0.258 e. The summed E-state index contributed by atoms with van der Waals surface area (Å²) in [6.07, 6.45) is 0. The van der Waals surface area contributed by atoms with E-state index in [2.05, 4.69) is 0 Å². The molecule has 0 N–H and O–H groups in total. The van der Waals surface area contributed by atoms with Gasteiger partial charge in [-0.3, -0.25) is 20.2 Å². The Bertz CT molecular complexity index is 1180. The third-order valence-corrected chi connectivity index (χ3v) is 9.09. The number of sulfonamides is 2. The van der Waals surface area contributed by atoms with E-state index in [-0.39, 0.29) is 34.3 Å². The lowest BCUT2D eigenvalue weighted by Gasteiger charge is -2.42. The summed E-state index contributed by atoms with van der Waals surface area (Å²) in [6.45, 7) is 2.66. The number of hydrogen-bond acceptors (Lipinski definition) is 8. The molecule has 0 unspecified atom stereocenters. The highest BCUT2D eigenvalue weighted by atomic mass is 32.2. The van der Waals surface area contributed by atoms with Crippen molar-refractivity contribution in [3.8, 4) is 0 Å². The van der Waals surface area contributed by atoms with Gasteiger partial charge in [-0.05, 0) is 26.0 Å². The van der Waals surface area contributed by atoms with E-state index in [1.165, 1.54) is 50.2 Å². The van der Waals surface area contributed by atoms with E-state index in [1.54, 1.807) is 0 Å². The first kappa shape index (κ1) is 23.7. The fourth-order valence-electron chi connectivity index (χ4n) is 3.52. The largest absolute Gasteiger partial charge is 0.270 e. The Balaban J connectivity index is 1.91. The minimum atomic E-state index is -4.13. The van der Waals surface area contributed by atoms with E-state index in [0.29, 0.717) is 0 Å². The van der Waals surface area contributed by atoms with Crippen LogP contribution in [0.1, 0.15) is 13.8 Å². The minimum absolute atomic E-state index is 0.194. The van der Waals surface area contributed by atoms with Crippen LogP contribution in [0.5, 0.6) is 0 Å². The highest BCUT2D eigenvalue weighted by Crippen LogP contribution is 2.30. The van der Waals surface area contributed by atoms with Crippen LogP contribution in [0.3, 0.4) is 0 Å². The summed E-state index contributed by atoms with van der Waals surface area (Å²) in [5, 5.41) is 22.0. The van der Waals surface area contributed by atoms with Crippen LogP contribution >= 0.6 is 0 Å². The normalized spacial score (nSPS) is 20.7. The number of nitro benzene ring substituents is 2. The van der Waals surface area contributed by atoms with Gasteiger partial charge in [0.2, 0.25) is 20.0 Å². The van der Waals surface area contributed by atoms with Crippen LogP contribution in [-0.4, -0.2) is 60.5 Å². The summed E-state index contributed by atoms with van der Waals surface area (Å²) in [6, 6.07) is 7.70. The van der Waals surface area contributed by atoms with Crippen molar-refractivity contribution >= 4 is 31.4 Å². The van der Waals surface area contributed by atoms with Crippen LogP contribution in [0.25, 0.3) is 0 Å². The van der Waals surface area contributed by atoms with E-state index in [1.807, 2.05) is 0 Å². The number of hydrogen-bond donors (Lipinski definition) is 0. The molecule has 0 aromatic heterocycles. The van der Waals surface area contributed by atoms with Crippen molar-refractivity contribution in [3.05, 3.63) is 68.8 Å². The van der Waals surface area contributed by atoms with Gasteiger partial charge < -0.3 is 0 Å². The third-order valence-electron chi connectivity index (χ3n) is 5.14. The molecule has 0 amide bonds. The summed E-state index contributed by atoms with van der Waals surface area (Å²) in [7, 11) is -8.27. The molecule has 0 aliphatic carbocycles. The molecule has 0 radical (unpaired) electrons. The zero-order chi connectivity index (χ0) is 23.8. The lowest BCUT2D eigenvalue weighted by molar-refractivity contribution is -0.385. The molecule has 14 heteroatoms. The fraction of sp³-hybridized carbons (Fsp3) is 0.333. The molecule has 0 spiro atoms. The van der Waals surface area contributed by atoms with E-state index in [0.717, 1.165) is 20.7 Å². The maximum Gasteiger partial charge on any atom is 0.270 e. The number of benzene rings is 2. The van der Waals surface area contributed by atoms with Gasteiger partial charge in [0, 0.05) is 49.4 Å². The maximum atomic E-state index is 13.1. The molecule has 1 saturated heterocycles. The summed E-state index contributed by atoms with van der Waals surface area (Å²) < 4.78 is 54.7. The molecular weight excluding hydrogens is 464 g/mol. The smallest absolute Gasteiger partial charge is 0.258 e. The lowest BCUT2D eigenvalue weighted by atomic mass is 10.2. The van der Waals surface area contributed by atoms with Crippen molar-refractivity contribution in [2.45, 2.75) is 35.7 Å². The van der Waals surface area contributed by atoms with Gasteiger partial charge in [-0.2, -0.15) is 8.61 Å². The molecule has 172 valence electrons. The van der Waals surface area contributed by atoms with Crippen LogP contribution in [0.4, 0.5) is 11.4 Å². The predicted molar refractivity (Wildman–Crippen MR) is 113 cm³/mol. The molecule has 32 heavy (non-hydrogen) atoms. The van der Waals surface area contributed by atoms with Gasteiger partial charge in [0.25, 0.3) is 11.4 Å². The Kier molecular flexibility index (Phi) is 6.33. The Morgan fingerprint density at radius 3 is 1.41 bits per heavy atom. The van der Waals surface area contributed by atoms with Crippen molar-refractivity contribution in [3.63, 3.8) is 0 Å². The Hall–Kier alpha value is -2.94. The van der Waals surface area contributed by atoms with E-state index >= 15 is 0 Å². The Morgan fingerprint density at radius 2 is 1.09 bits per heavy atom. The number of piperazine rings is 1. The highest BCUT2D eigenvalue weighted by molar-refractivity contribution is 7.89. The first-order chi connectivity index (χ1) is 14.9. The molecule has 1 aliphatic rings. The highest BCUT2D eigenvalue weighted by Gasteiger charge is 2.42. The molecule has 0 saturated carbocycles. The standard InChI is InChI=1S/C18H20N4O8S2/c1-13-11-20(32(29,30)18-8-4-6-16(10-18)22(25)26)14(2)12-19(13)31(27,28)17-7-3-5-15(9-17)21(23)24/h3-10,13-14H,11-12H2,1-2H3/t13-,14+. The molecule has 0 bridgehead atoms. The molecule has 2 aromatic rings. The second-order valence-corrected chi connectivity index (χ2v) is 11.1. The van der Waals surface area contributed by atoms with Crippen molar-refractivity contribution in [2.24, 2.45) is 0 Å². The summed E-state index contributed by atoms with van der Waals surface area (Å²) in [5.74, 6) is 0. The molecule has 1 heterocycles. The SMILES string of the molecule is C[C@@H]1CN(S(=O)(=O)c2cccc([N+](=O)[O-])c2)[C@@H](C)CN1S(=O)(=O)c1cccc([N+](=O)[O-])c1. The summed E-state index contributed by atoms with van der Waals surface area (Å²) >= 11 is 0. The number of rotatable bonds is 6.